The Bertz CT molecular complexity index is 389. The maximum atomic E-state index is 11.7. The Balaban J connectivity index is 2.47. The van der Waals surface area contributed by atoms with Crippen molar-refractivity contribution in [1.82, 2.24) is 4.90 Å². The standard InChI is InChI=1S/C13H20N2O2/c1-10-9-11(14)5-6-12(10)13(16)17-8-4-7-15(2)3/h5-6,9H,4,7-8,14H2,1-3H3. The molecule has 17 heavy (non-hydrogen) atoms. The number of hydrogen-bond donors (Lipinski definition) is 1. The molecule has 0 amide bonds. The zero-order chi connectivity index (χ0) is 12.8. The number of hydrogen-bond acceptors (Lipinski definition) is 4. The van der Waals surface area contributed by atoms with Crippen LogP contribution in [0.15, 0.2) is 18.2 Å². The van der Waals surface area contributed by atoms with Crippen molar-refractivity contribution >= 4 is 11.7 Å². The fourth-order valence-electron chi connectivity index (χ4n) is 1.54. The maximum Gasteiger partial charge on any atom is 0.338 e. The molecular formula is C13H20N2O2. The first-order valence-electron chi connectivity index (χ1n) is 5.68. The SMILES string of the molecule is Cc1cc(N)ccc1C(=O)OCCCN(C)C. The number of aryl methyl sites for hydroxylation is 1. The Morgan fingerprint density at radius 1 is 1.41 bits per heavy atom. The molecule has 0 radical (unpaired) electrons. The summed E-state index contributed by atoms with van der Waals surface area (Å²) in [7, 11) is 3.98. The quantitative estimate of drug-likeness (QED) is 0.480. The largest absolute Gasteiger partial charge is 0.462 e. The van der Waals surface area contributed by atoms with Crippen LogP contribution in [0, 0.1) is 6.92 Å². The molecule has 1 rings (SSSR count). The molecule has 1 aromatic rings. The molecule has 0 fully saturated rings. The molecule has 0 aliphatic rings. The van der Waals surface area contributed by atoms with Gasteiger partial charge >= 0.3 is 5.97 Å². The minimum atomic E-state index is -0.277. The van der Waals surface area contributed by atoms with Crippen LogP contribution in [0.3, 0.4) is 0 Å². The number of rotatable bonds is 5. The van der Waals surface area contributed by atoms with Crippen molar-refractivity contribution in [3.63, 3.8) is 0 Å². The molecule has 0 atom stereocenters. The second kappa shape index (κ2) is 6.25. The van der Waals surface area contributed by atoms with Crippen LogP contribution in [-0.4, -0.2) is 38.1 Å². The molecule has 2 N–H and O–H groups in total. The first-order valence-corrected chi connectivity index (χ1v) is 5.68. The number of carbonyl (C=O) groups excluding carboxylic acids is 1. The van der Waals surface area contributed by atoms with E-state index in [-0.39, 0.29) is 5.97 Å². The number of anilines is 1. The van der Waals surface area contributed by atoms with E-state index in [1.165, 1.54) is 0 Å². The highest BCUT2D eigenvalue weighted by atomic mass is 16.5. The van der Waals surface area contributed by atoms with Gasteiger partial charge < -0.3 is 15.4 Å². The van der Waals surface area contributed by atoms with Crippen molar-refractivity contribution in [3.05, 3.63) is 29.3 Å². The fourth-order valence-corrected chi connectivity index (χ4v) is 1.54. The van der Waals surface area contributed by atoms with Crippen molar-refractivity contribution < 1.29 is 9.53 Å². The first kappa shape index (κ1) is 13.5. The molecule has 0 bridgehead atoms. The van der Waals surface area contributed by atoms with Crippen molar-refractivity contribution in [3.8, 4) is 0 Å². The van der Waals surface area contributed by atoms with E-state index in [2.05, 4.69) is 4.90 Å². The number of nitrogens with two attached hydrogens (primary N) is 1. The van der Waals surface area contributed by atoms with E-state index < -0.39 is 0 Å². The third-order valence-electron chi connectivity index (χ3n) is 2.45. The minimum Gasteiger partial charge on any atom is -0.462 e. The monoisotopic (exact) mass is 236 g/mol. The Labute approximate surface area is 102 Å². The summed E-state index contributed by atoms with van der Waals surface area (Å²) in [6, 6.07) is 5.19. The number of carbonyl (C=O) groups is 1. The molecule has 0 aromatic heterocycles. The van der Waals surface area contributed by atoms with Gasteiger partial charge in [0.15, 0.2) is 0 Å². The molecule has 0 aliphatic heterocycles. The maximum absolute atomic E-state index is 11.7. The number of nitrogen functional groups attached to an aromatic ring is 1. The minimum absolute atomic E-state index is 0.277. The lowest BCUT2D eigenvalue weighted by Crippen LogP contribution is -2.16. The van der Waals surface area contributed by atoms with Crippen LogP contribution in [0.5, 0.6) is 0 Å². The summed E-state index contributed by atoms with van der Waals surface area (Å²) in [6.45, 7) is 3.21. The Hall–Kier alpha value is -1.55. The van der Waals surface area contributed by atoms with Crippen molar-refractivity contribution in [2.75, 3.05) is 33.0 Å². The number of ether oxygens (including phenoxy) is 1. The molecule has 0 aliphatic carbocycles. The van der Waals surface area contributed by atoms with Gasteiger partial charge in [-0.1, -0.05) is 0 Å². The highest BCUT2D eigenvalue weighted by Crippen LogP contribution is 2.13. The van der Waals surface area contributed by atoms with Crippen LogP contribution in [-0.2, 0) is 4.74 Å². The van der Waals surface area contributed by atoms with E-state index >= 15 is 0 Å². The van der Waals surface area contributed by atoms with Gasteiger partial charge in [0.1, 0.15) is 0 Å². The normalized spacial score (nSPS) is 10.6. The van der Waals surface area contributed by atoms with E-state index in [1.54, 1.807) is 18.2 Å². The first-order chi connectivity index (χ1) is 8.00. The lowest BCUT2D eigenvalue weighted by molar-refractivity contribution is 0.0492. The van der Waals surface area contributed by atoms with Crippen LogP contribution < -0.4 is 5.73 Å². The molecule has 0 saturated carbocycles. The second-order valence-corrected chi connectivity index (χ2v) is 4.37. The summed E-state index contributed by atoms with van der Waals surface area (Å²) in [5.41, 5.74) is 7.72. The lowest BCUT2D eigenvalue weighted by Gasteiger charge is -2.10. The molecule has 0 unspecified atom stereocenters. The summed E-state index contributed by atoms with van der Waals surface area (Å²) in [5, 5.41) is 0. The van der Waals surface area contributed by atoms with Crippen LogP contribution in [0.4, 0.5) is 5.69 Å². The van der Waals surface area contributed by atoms with E-state index in [9.17, 15) is 4.79 Å². The third-order valence-corrected chi connectivity index (χ3v) is 2.45. The molecule has 4 heteroatoms. The second-order valence-electron chi connectivity index (χ2n) is 4.37. The van der Waals surface area contributed by atoms with Gasteiger partial charge in [-0.05, 0) is 51.2 Å². The number of benzene rings is 1. The van der Waals surface area contributed by atoms with E-state index in [0.717, 1.165) is 18.5 Å². The van der Waals surface area contributed by atoms with Gasteiger partial charge in [0.2, 0.25) is 0 Å². The van der Waals surface area contributed by atoms with Crippen molar-refractivity contribution in [1.29, 1.82) is 0 Å². The predicted octanol–water partition coefficient (Wildman–Crippen LogP) is 1.69. The van der Waals surface area contributed by atoms with Crippen LogP contribution >= 0.6 is 0 Å². The predicted molar refractivity (Wildman–Crippen MR) is 69.0 cm³/mol. The average molecular weight is 236 g/mol. The summed E-state index contributed by atoms with van der Waals surface area (Å²) < 4.78 is 5.19. The third kappa shape index (κ3) is 4.44. The lowest BCUT2D eigenvalue weighted by atomic mass is 10.1. The van der Waals surface area contributed by atoms with Gasteiger partial charge in [-0.15, -0.1) is 0 Å². The molecule has 4 nitrogen and oxygen atoms in total. The van der Waals surface area contributed by atoms with Gasteiger partial charge in [0.05, 0.1) is 12.2 Å². The van der Waals surface area contributed by atoms with Crippen molar-refractivity contribution in [2.45, 2.75) is 13.3 Å². The van der Waals surface area contributed by atoms with Gasteiger partial charge in [0, 0.05) is 12.2 Å². The summed E-state index contributed by atoms with van der Waals surface area (Å²) in [4.78, 5) is 13.8. The van der Waals surface area contributed by atoms with Gasteiger partial charge in [0.25, 0.3) is 0 Å². The van der Waals surface area contributed by atoms with Gasteiger partial charge in [-0.25, -0.2) is 4.79 Å². The number of esters is 1. The summed E-state index contributed by atoms with van der Waals surface area (Å²) in [5.74, 6) is -0.277. The Kier molecular flexibility index (Phi) is 4.97. The Morgan fingerprint density at radius 3 is 2.71 bits per heavy atom. The summed E-state index contributed by atoms with van der Waals surface area (Å²) in [6.07, 6.45) is 0.840. The fraction of sp³-hybridized carbons (Fsp3) is 0.462. The van der Waals surface area contributed by atoms with Crippen LogP contribution in [0.1, 0.15) is 22.3 Å². The molecule has 0 heterocycles. The molecule has 0 saturated heterocycles. The van der Waals surface area contributed by atoms with E-state index in [0.29, 0.717) is 17.9 Å². The highest BCUT2D eigenvalue weighted by Gasteiger charge is 2.10. The average Bonchev–Trinajstić information content (AvgIpc) is 2.23. The van der Waals surface area contributed by atoms with Crippen LogP contribution in [0.2, 0.25) is 0 Å². The molecule has 1 aromatic carbocycles. The molecule has 0 spiro atoms. The summed E-state index contributed by atoms with van der Waals surface area (Å²) >= 11 is 0. The number of nitrogens with zero attached hydrogens (tertiary/aromatic N) is 1. The smallest absolute Gasteiger partial charge is 0.338 e. The van der Waals surface area contributed by atoms with Gasteiger partial charge in [-0.3, -0.25) is 0 Å². The van der Waals surface area contributed by atoms with Crippen molar-refractivity contribution in [2.24, 2.45) is 0 Å². The molecule has 94 valence electrons. The van der Waals surface area contributed by atoms with Gasteiger partial charge in [-0.2, -0.15) is 0 Å². The highest BCUT2D eigenvalue weighted by molar-refractivity contribution is 5.91. The van der Waals surface area contributed by atoms with E-state index in [1.807, 2.05) is 21.0 Å². The Morgan fingerprint density at radius 2 is 2.12 bits per heavy atom. The molecular weight excluding hydrogens is 216 g/mol. The van der Waals surface area contributed by atoms with E-state index in [4.69, 9.17) is 10.5 Å². The zero-order valence-electron chi connectivity index (χ0n) is 10.7. The zero-order valence-corrected chi connectivity index (χ0v) is 10.7. The van der Waals surface area contributed by atoms with Crippen LogP contribution in [0.25, 0.3) is 0 Å². The topological polar surface area (TPSA) is 55.6 Å².